The van der Waals surface area contributed by atoms with E-state index < -0.39 is 0 Å². The van der Waals surface area contributed by atoms with Gasteiger partial charge in [0, 0.05) is 0 Å². The first-order valence-electron chi connectivity index (χ1n) is 4.54. The number of esters is 1. The van der Waals surface area contributed by atoms with Gasteiger partial charge in [-0.15, -0.1) is 0 Å². The second-order valence-corrected chi connectivity index (χ2v) is 3.60. The molecule has 1 aliphatic carbocycles. The van der Waals surface area contributed by atoms with Gasteiger partial charge >= 0.3 is 5.97 Å². The van der Waals surface area contributed by atoms with E-state index in [-0.39, 0.29) is 11.9 Å². The third kappa shape index (κ3) is 1.46. The highest BCUT2D eigenvalue weighted by atomic mass is 16.6. The quantitative estimate of drug-likeness (QED) is 0.437. The molecule has 1 saturated carbocycles. The zero-order valence-electron chi connectivity index (χ0n) is 7.29. The first-order chi connectivity index (χ1) is 5.81. The molecule has 0 radical (unpaired) electrons. The Balaban J connectivity index is 1.92. The molecule has 3 atom stereocenters. The third-order valence-corrected chi connectivity index (χ3v) is 2.78. The maximum absolute atomic E-state index is 11.2. The Morgan fingerprint density at radius 3 is 3.00 bits per heavy atom. The molecule has 0 N–H and O–H groups in total. The molecule has 0 spiro atoms. The minimum atomic E-state index is -0.0637. The summed E-state index contributed by atoms with van der Waals surface area (Å²) >= 11 is 0. The van der Waals surface area contributed by atoms with E-state index in [2.05, 4.69) is 0 Å². The minimum absolute atomic E-state index is 0.0637. The van der Waals surface area contributed by atoms with Crippen molar-refractivity contribution in [3.63, 3.8) is 0 Å². The number of fused-ring (bicyclic) bond motifs is 1. The Kier molecular flexibility index (Phi) is 2.05. The molecule has 0 amide bonds. The van der Waals surface area contributed by atoms with E-state index in [4.69, 9.17) is 9.47 Å². The van der Waals surface area contributed by atoms with Crippen LogP contribution in [0.1, 0.15) is 25.7 Å². The molecule has 2 fully saturated rings. The molecule has 2 rings (SSSR count). The Hall–Kier alpha value is -0.570. The van der Waals surface area contributed by atoms with Gasteiger partial charge < -0.3 is 9.47 Å². The van der Waals surface area contributed by atoms with Crippen molar-refractivity contribution >= 4 is 5.97 Å². The van der Waals surface area contributed by atoms with Gasteiger partial charge in [-0.3, -0.25) is 4.79 Å². The molecule has 1 saturated heterocycles. The van der Waals surface area contributed by atoms with E-state index in [1.165, 1.54) is 7.11 Å². The van der Waals surface area contributed by atoms with E-state index >= 15 is 0 Å². The summed E-state index contributed by atoms with van der Waals surface area (Å²) in [5.41, 5.74) is 0. The van der Waals surface area contributed by atoms with E-state index in [1.54, 1.807) is 0 Å². The lowest BCUT2D eigenvalue weighted by Crippen LogP contribution is -2.17. The Morgan fingerprint density at radius 1 is 1.42 bits per heavy atom. The van der Waals surface area contributed by atoms with Gasteiger partial charge in [-0.05, 0) is 25.7 Å². The monoisotopic (exact) mass is 170 g/mol. The van der Waals surface area contributed by atoms with Crippen molar-refractivity contribution in [1.82, 2.24) is 0 Å². The number of carbonyl (C=O) groups is 1. The summed E-state index contributed by atoms with van der Waals surface area (Å²) in [6.07, 6.45) is 4.88. The van der Waals surface area contributed by atoms with Crippen LogP contribution in [0.5, 0.6) is 0 Å². The lowest BCUT2D eigenvalue weighted by molar-refractivity contribution is -0.146. The summed E-state index contributed by atoms with van der Waals surface area (Å²) in [6, 6.07) is 0. The summed E-state index contributed by atoms with van der Waals surface area (Å²) in [4.78, 5) is 11.2. The molecule has 3 unspecified atom stereocenters. The van der Waals surface area contributed by atoms with Gasteiger partial charge in [-0.1, -0.05) is 0 Å². The van der Waals surface area contributed by atoms with Crippen LogP contribution in [0.25, 0.3) is 0 Å². The van der Waals surface area contributed by atoms with Crippen LogP contribution in [0.2, 0.25) is 0 Å². The molecule has 0 aromatic carbocycles. The second-order valence-electron chi connectivity index (χ2n) is 3.60. The summed E-state index contributed by atoms with van der Waals surface area (Å²) < 4.78 is 10.1. The van der Waals surface area contributed by atoms with Gasteiger partial charge in [-0.25, -0.2) is 0 Å². The molecule has 68 valence electrons. The van der Waals surface area contributed by atoms with Crippen LogP contribution in [0.4, 0.5) is 0 Å². The van der Waals surface area contributed by atoms with Crippen LogP contribution in [0, 0.1) is 5.92 Å². The number of hydrogen-bond acceptors (Lipinski definition) is 3. The highest BCUT2D eigenvalue weighted by Gasteiger charge is 2.43. The fourth-order valence-electron chi connectivity index (χ4n) is 1.98. The van der Waals surface area contributed by atoms with Crippen LogP contribution in [0.3, 0.4) is 0 Å². The Morgan fingerprint density at radius 2 is 2.25 bits per heavy atom. The van der Waals surface area contributed by atoms with Crippen LogP contribution in [0.15, 0.2) is 0 Å². The van der Waals surface area contributed by atoms with Crippen molar-refractivity contribution in [3.05, 3.63) is 0 Å². The predicted octanol–water partition coefficient (Wildman–Crippen LogP) is 1.12. The average Bonchev–Trinajstić information content (AvgIpc) is 2.78. The average molecular weight is 170 g/mol. The number of rotatable bonds is 1. The van der Waals surface area contributed by atoms with Gasteiger partial charge in [-0.2, -0.15) is 0 Å². The third-order valence-electron chi connectivity index (χ3n) is 2.78. The molecular weight excluding hydrogens is 156 g/mol. The Labute approximate surface area is 72.0 Å². The number of ether oxygens (including phenoxy) is 2. The van der Waals surface area contributed by atoms with Crippen molar-refractivity contribution in [2.24, 2.45) is 5.92 Å². The molecular formula is C9H14O3. The number of hydrogen-bond donors (Lipinski definition) is 0. The van der Waals surface area contributed by atoms with E-state index in [0.29, 0.717) is 12.2 Å². The molecule has 1 aliphatic heterocycles. The van der Waals surface area contributed by atoms with Crippen LogP contribution < -0.4 is 0 Å². The van der Waals surface area contributed by atoms with Crippen LogP contribution in [-0.4, -0.2) is 25.3 Å². The van der Waals surface area contributed by atoms with Crippen molar-refractivity contribution in [1.29, 1.82) is 0 Å². The van der Waals surface area contributed by atoms with E-state index in [1.807, 2.05) is 0 Å². The normalized spacial score (nSPS) is 39.6. The number of epoxide rings is 1. The zero-order valence-corrected chi connectivity index (χ0v) is 7.29. The first kappa shape index (κ1) is 8.05. The topological polar surface area (TPSA) is 38.8 Å². The summed E-state index contributed by atoms with van der Waals surface area (Å²) in [6.45, 7) is 0. The standard InChI is InChI=1S/C9H14O3/c1-11-9(10)6-3-2-4-7-8(5-6)12-7/h6-8H,2-5H2,1H3. The summed E-state index contributed by atoms with van der Waals surface area (Å²) in [5.74, 6) is 0.0265. The lowest BCUT2D eigenvalue weighted by Gasteiger charge is -2.10. The molecule has 3 heteroatoms. The largest absolute Gasteiger partial charge is 0.469 e. The van der Waals surface area contributed by atoms with E-state index in [0.717, 1.165) is 25.7 Å². The van der Waals surface area contributed by atoms with Crippen LogP contribution >= 0.6 is 0 Å². The molecule has 2 aliphatic rings. The SMILES string of the molecule is COC(=O)C1CCCC2OC2C1. The lowest BCUT2D eigenvalue weighted by atomic mass is 10.0. The van der Waals surface area contributed by atoms with Crippen molar-refractivity contribution in [2.75, 3.05) is 7.11 Å². The van der Waals surface area contributed by atoms with Gasteiger partial charge in [0.25, 0.3) is 0 Å². The Bertz CT molecular complexity index is 190. The second kappa shape index (κ2) is 3.05. The fourth-order valence-corrected chi connectivity index (χ4v) is 1.98. The molecule has 1 heterocycles. The molecule has 3 nitrogen and oxygen atoms in total. The van der Waals surface area contributed by atoms with Gasteiger partial charge in [0.05, 0.1) is 25.2 Å². The van der Waals surface area contributed by atoms with Crippen molar-refractivity contribution < 1.29 is 14.3 Å². The van der Waals surface area contributed by atoms with Crippen molar-refractivity contribution in [2.45, 2.75) is 37.9 Å². The van der Waals surface area contributed by atoms with E-state index in [9.17, 15) is 4.79 Å². The summed E-state index contributed by atoms with van der Waals surface area (Å²) in [7, 11) is 1.46. The van der Waals surface area contributed by atoms with Crippen LogP contribution in [-0.2, 0) is 14.3 Å². The smallest absolute Gasteiger partial charge is 0.308 e. The maximum Gasteiger partial charge on any atom is 0.308 e. The molecule has 0 bridgehead atoms. The number of methoxy groups -OCH3 is 1. The van der Waals surface area contributed by atoms with Crippen molar-refractivity contribution in [3.8, 4) is 0 Å². The first-order valence-corrected chi connectivity index (χ1v) is 4.54. The number of carbonyl (C=O) groups excluding carboxylic acids is 1. The molecule has 0 aromatic heterocycles. The summed E-state index contributed by atoms with van der Waals surface area (Å²) in [5, 5.41) is 0. The van der Waals surface area contributed by atoms with Gasteiger partial charge in [0.2, 0.25) is 0 Å². The van der Waals surface area contributed by atoms with Gasteiger partial charge in [0.15, 0.2) is 0 Å². The van der Waals surface area contributed by atoms with Gasteiger partial charge in [0.1, 0.15) is 0 Å². The minimum Gasteiger partial charge on any atom is -0.469 e. The highest BCUT2D eigenvalue weighted by molar-refractivity contribution is 5.72. The fraction of sp³-hybridized carbons (Fsp3) is 0.889. The molecule has 0 aromatic rings. The zero-order chi connectivity index (χ0) is 8.55. The maximum atomic E-state index is 11.2. The molecule has 12 heavy (non-hydrogen) atoms. The predicted molar refractivity (Wildman–Crippen MR) is 42.6 cm³/mol. The highest BCUT2D eigenvalue weighted by Crippen LogP contribution is 2.37.